The molecule has 0 spiro atoms. The van der Waals surface area contributed by atoms with E-state index in [1.807, 2.05) is 0 Å². The van der Waals surface area contributed by atoms with Gasteiger partial charge in [0.05, 0.1) is 0 Å². The minimum absolute atomic E-state index is 0.640. The number of benzene rings is 1. The molecule has 0 bridgehead atoms. The fraction of sp³-hybridized carbons (Fsp3) is 0.667. The molecule has 0 amide bonds. The molecule has 1 aromatic rings. The van der Waals surface area contributed by atoms with E-state index in [4.69, 9.17) is 0 Å². The van der Waals surface area contributed by atoms with Crippen LogP contribution in [0.25, 0.3) is 0 Å². The van der Waals surface area contributed by atoms with Crippen molar-refractivity contribution in [1.29, 1.82) is 0 Å². The Bertz CT molecular complexity index is 362. The second-order valence-corrected chi connectivity index (χ2v) is 6.56. The number of rotatable bonds is 8. The Hall–Kier alpha value is -0.820. The lowest BCUT2D eigenvalue weighted by Gasteiger charge is -2.12. The molecule has 1 aliphatic carbocycles. The molecule has 2 rings (SSSR count). The predicted octanol–water partition coefficient (Wildman–Crippen LogP) is 4.52. The Balaban J connectivity index is 1.65. The normalized spacial score (nSPS) is 16.8. The first kappa shape index (κ1) is 14.6. The summed E-state index contributed by atoms with van der Waals surface area (Å²) in [6.07, 6.45) is 6.66. The van der Waals surface area contributed by atoms with Gasteiger partial charge in [-0.15, -0.1) is 0 Å². The van der Waals surface area contributed by atoms with Crippen LogP contribution >= 0.6 is 0 Å². The van der Waals surface area contributed by atoms with Crippen LogP contribution in [0.4, 0.5) is 0 Å². The van der Waals surface area contributed by atoms with Crippen LogP contribution in [-0.4, -0.2) is 12.6 Å². The van der Waals surface area contributed by atoms with Gasteiger partial charge in [-0.2, -0.15) is 0 Å². The van der Waals surface area contributed by atoms with Crippen LogP contribution in [0.15, 0.2) is 24.3 Å². The van der Waals surface area contributed by atoms with Gasteiger partial charge in [0.1, 0.15) is 0 Å². The minimum atomic E-state index is 0.640. The van der Waals surface area contributed by atoms with Crippen molar-refractivity contribution in [3.8, 4) is 0 Å². The third-order valence-electron chi connectivity index (χ3n) is 4.22. The molecule has 1 nitrogen and oxygen atoms in total. The Morgan fingerprint density at radius 1 is 1.05 bits per heavy atom. The van der Waals surface area contributed by atoms with Crippen molar-refractivity contribution in [1.82, 2.24) is 5.32 Å². The van der Waals surface area contributed by atoms with E-state index in [0.29, 0.717) is 5.92 Å². The van der Waals surface area contributed by atoms with Gasteiger partial charge in [-0.3, -0.25) is 0 Å². The Morgan fingerprint density at radius 3 is 2.32 bits per heavy atom. The quantitative estimate of drug-likeness (QED) is 0.723. The lowest BCUT2D eigenvalue weighted by molar-refractivity contribution is 0.469. The number of nitrogens with one attached hydrogen (secondary N) is 1. The van der Waals surface area contributed by atoms with E-state index in [2.05, 4.69) is 50.4 Å². The van der Waals surface area contributed by atoms with Crippen molar-refractivity contribution in [3.05, 3.63) is 35.4 Å². The zero-order chi connectivity index (χ0) is 13.7. The molecule has 0 aliphatic heterocycles. The fourth-order valence-corrected chi connectivity index (χ4v) is 2.45. The van der Waals surface area contributed by atoms with E-state index in [-0.39, 0.29) is 0 Å². The smallest absolute Gasteiger partial charge is 0.00682 e. The maximum Gasteiger partial charge on any atom is 0.00682 e. The van der Waals surface area contributed by atoms with Crippen LogP contribution in [0.3, 0.4) is 0 Å². The molecule has 1 atom stereocenters. The zero-order valence-corrected chi connectivity index (χ0v) is 12.8. The first-order valence-corrected chi connectivity index (χ1v) is 7.97. The molecule has 1 heteroatoms. The molecule has 19 heavy (non-hydrogen) atoms. The minimum Gasteiger partial charge on any atom is -0.314 e. The number of hydrogen-bond donors (Lipinski definition) is 1. The van der Waals surface area contributed by atoms with E-state index in [9.17, 15) is 0 Å². The van der Waals surface area contributed by atoms with Gasteiger partial charge in [0.2, 0.25) is 0 Å². The highest BCUT2D eigenvalue weighted by Crippen LogP contribution is 2.20. The molecule has 1 unspecified atom stereocenters. The van der Waals surface area contributed by atoms with Crippen molar-refractivity contribution in [3.63, 3.8) is 0 Å². The molecule has 1 aromatic carbocycles. The van der Waals surface area contributed by atoms with Crippen LogP contribution in [0.5, 0.6) is 0 Å². The van der Waals surface area contributed by atoms with Gasteiger partial charge in [-0.05, 0) is 61.6 Å². The number of hydrogen-bond acceptors (Lipinski definition) is 1. The molecule has 1 N–H and O–H groups in total. The van der Waals surface area contributed by atoms with Crippen LogP contribution in [0.2, 0.25) is 0 Å². The summed E-state index contributed by atoms with van der Waals surface area (Å²) in [5, 5.41) is 3.61. The zero-order valence-electron chi connectivity index (χ0n) is 12.8. The van der Waals surface area contributed by atoms with Gasteiger partial charge in [0, 0.05) is 6.04 Å². The molecule has 1 aliphatic rings. The molecule has 0 heterocycles. The third-order valence-corrected chi connectivity index (χ3v) is 4.22. The maximum atomic E-state index is 3.61. The van der Waals surface area contributed by atoms with Gasteiger partial charge in [0.15, 0.2) is 0 Å². The topological polar surface area (TPSA) is 12.0 Å². The summed E-state index contributed by atoms with van der Waals surface area (Å²) in [4.78, 5) is 0. The highest BCUT2D eigenvalue weighted by atomic mass is 14.9. The second kappa shape index (κ2) is 7.09. The number of aryl methyl sites for hydroxylation is 1. The highest BCUT2D eigenvalue weighted by Gasteiger charge is 2.19. The van der Waals surface area contributed by atoms with E-state index in [1.165, 1.54) is 49.8 Å². The standard InChI is InChI=1S/C18H29N/c1-14(2)17-8-6-16(7-9-17)5-4-15(3)12-13-19-18-10-11-18/h6-9,14-15,18-19H,4-5,10-13H2,1-3H3. The summed E-state index contributed by atoms with van der Waals surface area (Å²) in [6.45, 7) is 8.10. The second-order valence-electron chi connectivity index (χ2n) is 6.56. The Kier molecular flexibility index (Phi) is 5.45. The largest absolute Gasteiger partial charge is 0.314 e. The summed E-state index contributed by atoms with van der Waals surface area (Å²) < 4.78 is 0. The SMILES string of the molecule is CC(CCNC1CC1)CCc1ccc(C(C)C)cc1. The summed E-state index contributed by atoms with van der Waals surface area (Å²) >= 11 is 0. The van der Waals surface area contributed by atoms with Crippen LogP contribution in [-0.2, 0) is 6.42 Å². The molecule has 0 radical (unpaired) electrons. The Labute approximate surface area is 118 Å². The van der Waals surface area contributed by atoms with Crippen molar-refractivity contribution in [2.75, 3.05) is 6.54 Å². The van der Waals surface area contributed by atoms with E-state index in [0.717, 1.165) is 12.0 Å². The van der Waals surface area contributed by atoms with Crippen molar-refractivity contribution >= 4 is 0 Å². The molecular formula is C18H29N. The summed E-state index contributed by atoms with van der Waals surface area (Å²) in [5.74, 6) is 1.47. The first-order chi connectivity index (χ1) is 9.15. The maximum absolute atomic E-state index is 3.61. The highest BCUT2D eigenvalue weighted by molar-refractivity contribution is 5.24. The summed E-state index contributed by atoms with van der Waals surface area (Å²) in [6, 6.07) is 10.1. The molecule has 0 aromatic heterocycles. The average Bonchev–Trinajstić information content (AvgIpc) is 3.21. The van der Waals surface area contributed by atoms with Crippen LogP contribution in [0, 0.1) is 5.92 Å². The fourth-order valence-electron chi connectivity index (χ4n) is 2.45. The lowest BCUT2D eigenvalue weighted by atomic mass is 9.96. The predicted molar refractivity (Wildman–Crippen MR) is 83.7 cm³/mol. The van der Waals surface area contributed by atoms with Crippen molar-refractivity contribution < 1.29 is 0 Å². The van der Waals surface area contributed by atoms with Gasteiger partial charge in [-0.25, -0.2) is 0 Å². The lowest BCUT2D eigenvalue weighted by Crippen LogP contribution is -2.19. The van der Waals surface area contributed by atoms with Crippen LogP contribution < -0.4 is 5.32 Å². The average molecular weight is 259 g/mol. The molecular weight excluding hydrogens is 230 g/mol. The monoisotopic (exact) mass is 259 g/mol. The van der Waals surface area contributed by atoms with Gasteiger partial charge >= 0.3 is 0 Å². The van der Waals surface area contributed by atoms with E-state index >= 15 is 0 Å². The van der Waals surface area contributed by atoms with Crippen molar-refractivity contribution in [2.24, 2.45) is 5.92 Å². The summed E-state index contributed by atoms with van der Waals surface area (Å²) in [5.41, 5.74) is 2.94. The molecule has 1 fully saturated rings. The molecule has 106 valence electrons. The van der Waals surface area contributed by atoms with Gasteiger partial charge < -0.3 is 5.32 Å². The molecule has 1 saturated carbocycles. The van der Waals surface area contributed by atoms with Gasteiger partial charge in [0.25, 0.3) is 0 Å². The third kappa shape index (κ3) is 5.36. The Morgan fingerprint density at radius 2 is 1.74 bits per heavy atom. The van der Waals surface area contributed by atoms with Crippen LogP contribution in [0.1, 0.15) is 63.5 Å². The van der Waals surface area contributed by atoms with Gasteiger partial charge in [-0.1, -0.05) is 45.0 Å². The van der Waals surface area contributed by atoms with E-state index in [1.54, 1.807) is 0 Å². The molecule has 0 saturated heterocycles. The van der Waals surface area contributed by atoms with E-state index < -0.39 is 0 Å². The first-order valence-electron chi connectivity index (χ1n) is 7.97. The van der Waals surface area contributed by atoms with Crippen molar-refractivity contribution in [2.45, 2.75) is 64.8 Å². The summed E-state index contributed by atoms with van der Waals surface area (Å²) in [7, 11) is 0.